The molecular formula is C23H29N3O4. The van der Waals surface area contributed by atoms with Crippen molar-refractivity contribution in [2.24, 2.45) is 4.99 Å². The zero-order valence-electron chi connectivity index (χ0n) is 17.7. The number of carbonyl (C=O) groups is 1. The monoisotopic (exact) mass is 411 g/mol. The van der Waals surface area contributed by atoms with E-state index in [-0.39, 0.29) is 12.0 Å². The fraction of sp³-hybridized carbons (Fsp3) is 0.391. The molecule has 1 saturated heterocycles. The number of rotatable bonds is 7. The number of carbonyl (C=O) groups excluding carboxylic acids is 1. The zero-order chi connectivity index (χ0) is 21.3. The maximum atomic E-state index is 12.9. The topological polar surface area (TPSA) is 81.2 Å². The van der Waals surface area contributed by atoms with E-state index in [1.54, 1.807) is 25.3 Å². The Bertz CT molecular complexity index is 875. The van der Waals surface area contributed by atoms with Crippen molar-refractivity contribution in [3.63, 3.8) is 0 Å². The molecule has 0 aromatic heterocycles. The lowest BCUT2D eigenvalue weighted by Gasteiger charge is -2.14. The van der Waals surface area contributed by atoms with Crippen LogP contribution in [0.2, 0.25) is 0 Å². The first-order chi connectivity index (χ1) is 14.6. The molecular weight excluding hydrogens is 382 g/mol. The summed E-state index contributed by atoms with van der Waals surface area (Å²) in [7, 11) is 3.09. The normalized spacial score (nSPS) is 16.2. The first-order valence-corrected chi connectivity index (χ1v) is 10.2. The molecule has 160 valence electrons. The highest BCUT2D eigenvalue weighted by atomic mass is 16.5. The second kappa shape index (κ2) is 10.6. The molecule has 30 heavy (non-hydrogen) atoms. The van der Waals surface area contributed by atoms with Crippen molar-refractivity contribution in [2.45, 2.75) is 32.3 Å². The van der Waals surface area contributed by atoms with Crippen LogP contribution in [0.1, 0.15) is 35.7 Å². The van der Waals surface area contributed by atoms with Gasteiger partial charge in [-0.05, 0) is 55.2 Å². The van der Waals surface area contributed by atoms with E-state index in [9.17, 15) is 4.79 Å². The average Bonchev–Trinajstić information content (AvgIpc) is 3.31. The largest absolute Gasteiger partial charge is 0.493 e. The van der Waals surface area contributed by atoms with Crippen LogP contribution in [0.15, 0.2) is 47.5 Å². The maximum absolute atomic E-state index is 12.9. The Morgan fingerprint density at radius 3 is 2.53 bits per heavy atom. The summed E-state index contributed by atoms with van der Waals surface area (Å²) < 4.78 is 16.2. The van der Waals surface area contributed by atoms with Crippen LogP contribution < -0.4 is 20.1 Å². The van der Waals surface area contributed by atoms with Crippen molar-refractivity contribution in [2.75, 3.05) is 32.7 Å². The molecule has 1 heterocycles. The molecule has 0 spiro atoms. The summed E-state index contributed by atoms with van der Waals surface area (Å²) in [6.07, 6.45) is 3.07. The summed E-state index contributed by atoms with van der Waals surface area (Å²) in [4.78, 5) is 17.4. The fourth-order valence-corrected chi connectivity index (χ4v) is 3.21. The molecule has 3 rings (SSSR count). The van der Waals surface area contributed by atoms with E-state index in [0.29, 0.717) is 29.6 Å². The van der Waals surface area contributed by atoms with Crippen molar-refractivity contribution in [3.8, 4) is 11.5 Å². The van der Waals surface area contributed by atoms with Crippen molar-refractivity contribution in [1.29, 1.82) is 0 Å². The van der Waals surface area contributed by atoms with Gasteiger partial charge in [0.2, 0.25) is 5.96 Å². The zero-order valence-corrected chi connectivity index (χ0v) is 17.7. The lowest BCUT2D eigenvalue weighted by Crippen LogP contribution is -2.36. The molecule has 1 atom stereocenters. The van der Waals surface area contributed by atoms with Crippen LogP contribution in [-0.4, -0.2) is 45.3 Å². The van der Waals surface area contributed by atoms with Crippen molar-refractivity contribution < 1.29 is 19.0 Å². The molecule has 1 fully saturated rings. The molecule has 2 N–H and O–H groups in total. The predicted octanol–water partition coefficient (Wildman–Crippen LogP) is 3.64. The molecule has 0 saturated carbocycles. The summed E-state index contributed by atoms with van der Waals surface area (Å²) in [5.41, 5.74) is 2.54. The van der Waals surface area contributed by atoms with Crippen LogP contribution in [0.4, 0.5) is 5.69 Å². The molecule has 1 aliphatic rings. The lowest BCUT2D eigenvalue weighted by atomic mass is 10.1. The van der Waals surface area contributed by atoms with Gasteiger partial charge in [0.05, 0.1) is 26.9 Å². The van der Waals surface area contributed by atoms with Gasteiger partial charge in [0, 0.05) is 17.9 Å². The number of aliphatic imine (C=N–C) groups is 1. The molecule has 2 aromatic carbocycles. The maximum Gasteiger partial charge on any atom is 0.258 e. The van der Waals surface area contributed by atoms with Crippen molar-refractivity contribution in [1.82, 2.24) is 5.32 Å². The number of hydrogen-bond donors (Lipinski definition) is 2. The molecule has 0 radical (unpaired) electrons. The first-order valence-electron chi connectivity index (χ1n) is 10.2. The molecule has 0 bridgehead atoms. The fourth-order valence-electron chi connectivity index (χ4n) is 3.21. The van der Waals surface area contributed by atoms with E-state index in [0.717, 1.165) is 31.6 Å². The van der Waals surface area contributed by atoms with Gasteiger partial charge >= 0.3 is 0 Å². The minimum absolute atomic E-state index is 0.0854. The van der Waals surface area contributed by atoms with E-state index < -0.39 is 0 Å². The molecule has 7 nitrogen and oxygen atoms in total. The van der Waals surface area contributed by atoms with Gasteiger partial charge in [0.25, 0.3) is 5.91 Å². The molecule has 1 amide bonds. The Balaban J connectivity index is 1.76. The first kappa shape index (κ1) is 21.6. The Morgan fingerprint density at radius 1 is 1.13 bits per heavy atom. The number of nitrogens with one attached hydrogen (secondary N) is 2. The number of benzene rings is 2. The number of anilines is 1. The van der Waals surface area contributed by atoms with E-state index in [1.807, 2.05) is 12.1 Å². The Hall–Kier alpha value is -3.06. The summed E-state index contributed by atoms with van der Waals surface area (Å²) >= 11 is 0. The molecule has 1 unspecified atom stereocenters. The highest BCUT2D eigenvalue weighted by Crippen LogP contribution is 2.27. The summed E-state index contributed by atoms with van der Waals surface area (Å²) in [5.74, 6) is 1.15. The van der Waals surface area contributed by atoms with Crippen LogP contribution >= 0.6 is 0 Å². The number of methoxy groups -OCH3 is 2. The molecule has 0 aliphatic carbocycles. The second-order valence-corrected chi connectivity index (χ2v) is 7.02. The average molecular weight is 412 g/mol. The van der Waals surface area contributed by atoms with E-state index in [4.69, 9.17) is 14.2 Å². The van der Waals surface area contributed by atoms with Crippen LogP contribution in [0.25, 0.3) is 0 Å². The molecule has 2 aromatic rings. The number of hydrogen-bond acceptors (Lipinski definition) is 5. The van der Waals surface area contributed by atoms with Gasteiger partial charge in [-0.3, -0.25) is 10.1 Å². The van der Waals surface area contributed by atoms with E-state index in [2.05, 4.69) is 34.7 Å². The summed E-state index contributed by atoms with van der Waals surface area (Å²) in [6, 6.07) is 13.1. The lowest BCUT2D eigenvalue weighted by molar-refractivity contribution is 0.0975. The van der Waals surface area contributed by atoms with Gasteiger partial charge in [0.1, 0.15) is 0 Å². The van der Waals surface area contributed by atoms with Crippen LogP contribution in [0.3, 0.4) is 0 Å². The van der Waals surface area contributed by atoms with Crippen LogP contribution in [-0.2, 0) is 11.2 Å². The Kier molecular flexibility index (Phi) is 7.68. The Morgan fingerprint density at radius 2 is 1.90 bits per heavy atom. The summed E-state index contributed by atoms with van der Waals surface area (Å²) in [6.45, 7) is 3.36. The Labute approximate surface area is 177 Å². The second-order valence-electron chi connectivity index (χ2n) is 7.02. The highest BCUT2D eigenvalue weighted by Gasteiger charge is 2.17. The number of aryl methyl sites for hydroxylation is 1. The third kappa shape index (κ3) is 5.73. The van der Waals surface area contributed by atoms with Gasteiger partial charge < -0.3 is 19.5 Å². The minimum Gasteiger partial charge on any atom is -0.493 e. The highest BCUT2D eigenvalue weighted by molar-refractivity contribution is 6.10. The van der Waals surface area contributed by atoms with E-state index in [1.165, 1.54) is 12.7 Å². The van der Waals surface area contributed by atoms with Gasteiger partial charge in [-0.2, -0.15) is 0 Å². The summed E-state index contributed by atoms with van der Waals surface area (Å²) in [5, 5.41) is 6.08. The SMILES string of the molecule is CCc1ccc(NC(=NCC2CCCO2)NC(=O)c2ccc(OC)c(OC)c2)cc1. The number of amides is 1. The number of ether oxygens (including phenoxy) is 3. The number of guanidine groups is 1. The van der Waals surface area contributed by atoms with Gasteiger partial charge in [0.15, 0.2) is 11.5 Å². The number of nitrogens with zero attached hydrogens (tertiary/aromatic N) is 1. The van der Waals surface area contributed by atoms with Crippen LogP contribution in [0.5, 0.6) is 11.5 Å². The van der Waals surface area contributed by atoms with Crippen molar-refractivity contribution >= 4 is 17.6 Å². The minimum atomic E-state index is -0.292. The smallest absolute Gasteiger partial charge is 0.258 e. The van der Waals surface area contributed by atoms with Gasteiger partial charge in [-0.15, -0.1) is 0 Å². The molecule has 7 heteroatoms. The third-order valence-corrected chi connectivity index (χ3v) is 4.98. The van der Waals surface area contributed by atoms with Gasteiger partial charge in [-0.25, -0.2) is 4.99 Å². The molecule has 1 aliphatic heterocycles. The van der Waals surface area contributed by atoms with E-state index >= 15 is 0 Å². The van der Waals surface area contributed by atoms with Crippen molar-refractivity contribution in [3.05, 3.63) is 53.6 Å². The van der Waals surface area contributed by atoms with Gasteiger partial charge in [-0.1, -0.05) is 19.1 Å². The predicted molar refractivity (Wildman–Crippen MR) is 118 cm³/mol. The standard InChI is InChI=1S/C23H29N3O4/c1-4-16-7-10-18(11-8-16)25-23(24-15-19-6-5-13-30-19)26-22(27)17-9-12-20(28-2)21(14-17)29-3/h7-12,14,19H,4-6,13,15H2,1-3H3,(H2,24,25,26,27). The van der Waals surface area contributed by atoms with Crippen LogP contribution in [0, 0.1) is 0 Å². The third-order valence-electron chi connectivity index (χ3n) is 4.98. The quantitative estimate of drug-likeness (QED) is 0.537.